The fourth-order valence-electron chi connectivity index (χ4n) is 2.25. The minimum atomic E-state index is -1.05. The molecule has 6 heteroatoms. The van der Waals surface area contributed by atoms with Gasteiger partial charge in [-0.05, 0) is 29.9 Å². The lowest BCUT2D eigenvalue weighted by molar-refractivity contribution is 0.0690. The van der Waals surface area contributed by atoms with Crippen LogP contribution in [0.15, 0.2) is 23.8 Å². The number of carbonyl (C=O) groups is 1. The van der Waals surface area contributed by atoms with E-state index in [1.54, 1.807) is 17.5 Å². The summed E-state index contributed by atoms with van der Waals surface area (Å²) < 4.78 is 0. The molecule has 118 valence electrons. The molecule has 0 aliphatic heterocycles. The van der Waals surface area contributed by atoms with Gasteiger partial charge in [0.05, 0.1) is 18.1 Å². The predicted molar refractivity (Wildman–Crippen MR) is 87.0 cm³/mol. The fraction of sp³-hybridized carbons (Fsp3) is 0.438. The maximum Gasteiger partial charge on any atom is 0.356 e. The first-order valence-corrected chi connectivity index (χ1v) is 8.13. The lowest BCUT2D eigenvalue weighted by Gasteiger charge is -2.23. The second-order valence-electron chi connectivity index (χ2n) is 5.79. The van der Waals surface area contributed by atoms with E-state index < -0.39 is 5.97 Å². The molecule has 1 N–H and O–H groups in total. The highest BCUT2D eigenvalue weighted by Gasteiger charge is 2.13. The van der Waals surface area contributed by atoms with Crippen molar-refractivity contribution in [3.63, 3.8) is 0 Å². The van der Waals surface area contributed by atoms with Crippen LogP contribution in [0.25, 0.3) is 0 Å². The summed E-state index contributed by atoms with van der Waals surface area (Å²) in [7, 11) is 0. The van der Waals surface area contributed by atoms with E-state index in [-0.39, 0.29) is 5.69 Å². The van der Waals surface area contributed by atoms with E-state index in [1.807, 2.05) is 0 Å². The van der Waals surface area contributed by atoms with Crippen molar-refractivity contribution in [2.24, 2.45) is 5.92 Å². The van der Waals surface area contributed by atoms with Crippen LogP contribution in [0.1, 0.15) is 40.5 Å². The van der Waals surface area contributed by atoms with Gasteiger partial charge in [-0.2, -0.15) is 0 Å². The Bertz CT molecular complexity index is 623. The second kappa shape index (κ2) is 7.47. The Morgan fingerprint density at radius 1 is 1.32 bits per heavy atom. The first kappa shape index (κ1) is 16.6. The van der Waals surface area contributed by atoms with Gasteiger partial charge in [-0.1, -0.05) is 13.8 Å². The molecule has 0 amide bonds. The van der Waals surface area contributed by atoms with Crippen molar-refractivity contribution in [3.8, 4) is 0 Å². The lowest BCUT2D eigenvalue weighted by Crippen LogP contribution is -2.27. The quantitative estimate of drug-likeness (QED) is 0.849. The third-order valence-electron chi connectivity index (χ3n) is 3.27. The van der Waals surface area contributed by atoms with E-state index in [4.69, 9.17) is 5.11 Å². The molecule has 0 radical (unpaired) electrons. The lowest BCUT2D eigenvalue weighted by atomic mass is 10.2. The van der Waals surface area contributed by atoms with Gasteiger partial charge in [-0.25, -0.2) is 9.78 Å². The Balaban J connectivity index is 2.08. The van der Waals surface area contributed by atoms with Crippen LogP contribution in [0.5, 0.6) is 0 Å². The first-order valence-electron chi connectivity index (χ1n) is 7.25. The van der Waals surface area contributed by atoms with Gasteiger partial charge >= 0.3 is 5.97 Å². The minimum Gasteiger partial charge on any atom is -0.476 e. The number of carboxylic acids is 1. The number of aryl methyl sites for hydroxylation is 1. The SMILES string of the molecule is Cc1ccsc1CN(Cc1cnc(C(=O)O)cn1)CC(C)C. The molecule has 0 aliphatic rings. The summed E-state index contributed by atoms with van der Waals surface area (Å²) in [5.74, 6) is -0.501. The average Bonchev–Trinajstić information content (AvgIpc) is 2.84. The van der Waals surface area contributed by atoms with Crippen LogP contribution in [0, 0.1) is 12.8 Å². The van der Waals surface area contributed by atoms with Crippen molar-refractivity contribution in [1.82, 2.24) is 14.9 Å². The van der Waals surface area contributed by atoms with Crippen LogP contribution in [0.2, 0.25) is 0 Å². The molecule has 0 atom stereocenters. The number of aromatic nitrogens is 2. The standard InChI is InChI=1S/C16H21N3O2S/c1-11(2)8-19(10-15-12(3)4-5-22-15)9-13-6-18-14(7-17-13)16(20)21/h4-7,11H,8-10H2,1-3H3,(H,20,21). The number of hydrogen-bond acceptors (Lipinski definition) is 5. The highest BCUT2D eigenvalue weighted by Crippen LogP contribution is 2.19. The summed E-state index contributed by atoms with van der Waals surface area (Å²) in [6.45, 7) is 9.01. The predicted octanol–water partition coefficient (Wildman–Crippen LogP) is 3.20. The molecule has 2 rings (SSSR count). The smallest absolute Gasteiger partial charge is 0.356 e. The molecule has 5 nitrogen and oxygen atoms in total. The summed E-state index contributed by atoms with van der Waals surface area (Å²) in [4.78, 5) is 22.7. The molecule has 0 spiro atoms. The monoisotopic (exact) mass is 319 g/mol. The zero-order valence-electron chi connectivity index (χ0n) is 13.1. The minimum absolute atomic E-state index is 0.0201. The van der Waals surface area contributed by atoms with E-state index in [0.29, 0.717) is 12.5 Å². The summed E-state index contributed by atoms with van der Waals surface area (Å²) in [6, 6.07) is 2.13. The molecule has 2 aromatic rings. The zero-order valence-corrected chi connectivity index (χ0v) is 13.9. The van der Waals surface area contributed by atoms with Gasteiger partial charge in [0.2, 0.25) is 0 Å². The van der Waals surface area contributed by atoms with Crippen molar-refractivity contribution in [2.75, 3.05) is 6.54 Å². The van der Waals surface area contributed by atoms with E-state index in [2.05, 4.69) is 47.1 Å². The third-order valence-corrected chi connectivity index (χ3v) is 4.28. The Morgan fingerprint density at radius 2 is 2.09 bits per heavy atom. The van der Waals surface area contributed by atoms with Crippen LogP contribution in [-0.2, 0) is 13.1 Å². The number of nitrogens with zero attached hydrogens (tertiary/aromatic N) is 3. The molecular weight excluding hydrogens is 298 g/mol. The molecule has 2 heterocycles. The number of hydrogen-bond donors (Lipinski definition) is 1. The Hall–Kier alpha value is -1.79. The van der Waals surface area contributed by atoms with Crippen molar-refractivity contribution < 1.29 is 9.90 Å². The Morgan fingerprint density at radius 3 is 2.59 bits per heavy atom. The molecule has 22 heavy (non-hydrogen) atoms. The fourth-order valence-corrected chi connectivity index (χ4v) is 3.19. The highest BCUT2D eigenvalue weighted by molar-refractivity contribution is 7.10. The van der Waals surface area contributed by atoms with Crippen molar-refractivity contribution in [3.05, 3.63) is 45.7 Å². The maximum atomic E-state index is 10.8. The summed E-state index contributed by atoms with van der Waals surface area (Å²) in [5.41, 5.74) is 2.08. The normalized spacial score (nSPS) is 11.3. The van der Waals surface area contributed by atoms with Crippen molar-refractivity contribution >= 4 is 17.3 Å². The molecule has 0 saturated carbocycles. The Kier molecular flexibility index (Phi) is 5.63. The summed E-state index contributed by atoms with van der Waals surface area (Å²) in [6.07, 6.45) is 2.87. The van der Waals surface area contributed by atoms with Crippen LogP contribution in [0.3, 0.4) is 0 Å². The number of carboxylic acid groups (broad SMARTS) is 1. The highest BCUT2D eigenvalue weighted by atomic mass is 32.1. The van der Waals surface area contributed by atoms with Gasteiger partial charge < -0.3 is 5.11 Å². The van der Waals surface area contributed by atoms with E-state index >= 15 is 0 Å². The first-order chi connectivity index (χ1) is 10.5. The van der Waals surface area contributed by atoms with Crippen LogP contribution in [0.4, 0.5) is 0 Å². The molecule has 0 bridgehead atoms. The number of thiophene rings is 1. The molecule has 0 saturated heterocycles. The second-order valence-corrected chi connectivity index (χ2v) is 6.79. The van der Waals surface area contributed by atoms with Crippen LogP contribution < -0.4 is 0 Å². The van der Waals surface area contributed by atoms with Gasteiger partial charge in [0.1, 0.15) is 0 Å². The number of aromatic carboxylic acids is 1. The number of rotatable bonds is 7. The van der Waals surface area contributed by atoms with Gasteiger partial charge in [-0.3, -0.25) is 9.88 Å². The van der Waals surface area contributed by atoms with Crippen LogP contribution >= 0.6 is 11.3 Å². The largest absolute Gasteiger partial charge is 0.476 e. The zero-order chi connectivity index (χ0) is 16.1. The van der Waals surface area contributed by atoms with E-state index in [9.17, 15) is 4.79 Å². The molecular formula is C16H21N3O2S. The Labute approximate surface area is 134 Å². The van der Waals surface area contributed by atoms with Gasteiger partial charge in [0.15, 0.2) is 5.69 Å². The summed E-state index contributed by atoms with van der Waals surface area (Å²) in [5, 5.41) is 11.0. The van der Waals surface area contributed by atoms with Crippen LogP contribution in [-0.4, -0.2) is 32.5 Å². The van der Waals surface area contributed by atoms with Crippen molar-refractivity contribution in [1.29, 1.82) is 0 Å². The molecule has 0 fully saturated rings. The third kappa shape index (κ3) is 4.61. The average molecular weight is 319 g/mol. The van der Waals surface area contributed by atoms with Gasteiger partial charge in [-0.15, -0.1) is 11.3 Å². The molecule has 0 aromatic carbocycles. The topological polar surface area (TPSA) is 66.3 Å². The van der Waals surface area contributed by atoms with Crippen molar-refractivity contribution in [2.45, 2.75) is 33.9 Å². The van der Waals surface area contributed by atoms with E-state index in [0.717, 1.165) is 18.8 Å². The maximum absolute atomic E-state index is 10.8. The van der Waals surface area contributed by atoms with Gasteiger partial charge in [0, 0.05) is 24.5 Å². The molecule has 0 unspecified atom stereocenters. The van der Waals surface area contributed by atoms with E-state index in [1.165, 1.54) is 16.6 Å². The molecule has 0 aliphatic carbocycles. The van der Waals surface area contributed by atoms with Gasteiger partial charge in [0.25, 0.3) is 0 Å². The summed E-state index contributed by atoms with van der Waals surface area (Å²) >= 11 is 1.77. The molecule has 2 aromatic heterocycles.